The Morgan fingerprint density at radius 3 is 2.90 bits per heavy atom. The topological polar surface area (TPSA) is 57.4 Å². The molecular formula is C15H21N3O2. The van der Waals surface area contributed by atoms with Gasteiger partial charge in [-0.15, -0.1) is 0 Å². The lowest BCUT2D eigenvalue weighted by Crippen LogP contribution is -2.26. The number of ether oxygens (including phenoxy) is 1. The number of rotatable bonds is 6. The van der Waals surface area contributed by atoms with Crippen LogP contribution < -0.4 is 10.1 Å². The first-order valence-electron chi connectivity index (χ1n) is 6.70. The minimum Gasteiger partial charge on any atom is -0.497 e. The van der Waals surface area contributed by atoms with E-state index in [4.69, 9.17) is 4.74 Å². The van der Waals surface area contributed by atoms with Crippen molar-refractivity contribution in [1.82, 2.24) is 15.2 Å². The standard InChI is InChI=1S/C15H21N3O2/c1-18(2)8-4-7-16-15(19)13-10-17-14-6-5-11(20-3)9-12(13)14/h5-6,9-10,17H,4,7-8H2,1-3H3,(H,16,19). The summed E-state index contributed by atoms with van der Waals surface area (Å²) in [5.41, 5.74) is 1.59. The summed E-state index contributed by atoms with van der Waals surface area (Å²) in [5.74, 6) is 0.696. The summed E-state index contributed by atoms with van der Waals surface area (Å²) in [6, 6.07) is 5.66. The molecule has 0 atom stereocenters. The molecule has 1 amide bonds. The van der Waals surface area contributed by atoms with Crippen molar-refractivity contribution in [2.75, 3.05) is 34.3 Å². The largest absolute Gasteiger partial charge is 0.497 e. The van der Waals surface area contributed by atoms with Crippen molar-refractivity contribution in [2.45, 2.75) is 6.42 Å². The normalized spacial score (nSPS) is 11.0. The number of H-pyrrole nitrogens is 1. The van der Waals surface area contributed by atoms with Gasteiger partial charge >= 0.3 is 0 Å². The number of carbonyl (C=O) groups excluding carboxylic acids is 1. The monoisotopic (exact) mass is 275 g/mol. The number of amides is 1. The first-order valence-corrected chi connectivity index (χ1v) is 6.70. The fourth-order valence-corrected chi connectivity index (χ4v) is 2.11. The van der Waals surface area contributed by atoms with Crippen molar-refractivity contribution in [3.63, 3.8) is 0 Å². The number of fused-ring (bicyclic) bond motifs is 1. The van der Waals surface area contributed by atoms with E-state index >= 15 is 0 Å². The number of methoxy groups -OCH3 is 1. The molecule has 0 aliphatic rings. The minimum atomic E-state index is -0.0525. The van der Waals surface area contributed by atoms with Crippen LogP contribution >= 0.6 is 0 Å². The maximum Gasteiger partial charge on any atom is 0.253 e. The highest BCUT2D eigenvalue weighted by molar-refractivity contribution is 6.07. The average molecular weight is 275 g/mol. The van der Waals surface area contributed by atoms with Gasteiger partial charge in [-0.1, -0.05) is 0 Å². The summed E-state index contributed by atoms with van der Waals surface area (Å²) >= 11 is 0. The molecule has 0 saturated heterocycles. The molecule has 2 rings (SSSR count). The lowest BCUT2D eigenvalue weighted by atomic mass is 10.1. The summed E-state index contributed by atoms with van der Waals surface area (Å²) in [6.07, 6.45) is 2.68. The van der Waals surface area contributed by atoms with Crippen LogP contribution in [0.4, 0.5) is 0 Å². The lowest BCUT2D eigenvalue weighted by Gasteiger charge is -2.09. The third kappa shape index (κ3) is 3.30. The summed E-state index contributed by atoms with van der Waals surface area (Å²) in [5, 5.41) is 3.83. The molecule has 0 fully saturated rings. The van der Waals surface area contributed by atoms with Crippen LogP contribution in [0, 0.1) is 0 Å². The van der Waals surface area contributed by atoms with Crippen molar-refractivity contribution in [3.8, 4) is 5.75 Å². The highest BCUT2D eigenvalue weighted by Crippen LogP contribution is 2.23. The van der Waals surface area contributed by atoms with Crippen LogP contribution in [-0.2, 0) is 0 Å². The van der Waals surface area contributed by atoms with E-state index in [1.165, 1.54) is 0 Å². The SMILES string of the molecule is COc1ccc2[nH]cc(C(=O)NCCCN(C)C)c2c1. The van der Waals surface area contributed by atoms with E-state index in [2.05, 4.69) is 15.2 Å². The van der Waals surface area contributed by atoms with E-state index in [0.717, 1.165) is 29.6 Å². The van der Waals surface area contributed by atoms with Crippen LogP contribution in [0.1, 0.15) is 16.8 Å². The molecule has 0 aliphatic carbocycles. The third-order valence-electron chi connectivity index (χ3n) is 3.20. The van der Waals surface area contributed by atoms with Crippen LogP contribution in [0.5, 0.6) is 5.75 Å². The zero-order valence-electron chi connectivity index (χ0n) is 12.2. The van der Waals surface area contributed by atoms with E-state index in [9.17, 15) is 4.79 Å². The van der Waals surface area contributed by atoms with Crippen LogP contribution in [0.3, 0.4) is 0 Å². The van der Waals surface area contributed by atoms with E-state index in [1.54, 1.807) is 13.3 Å². The molecule has 0 bridgehead atoms. The molecule has 20 heavy (non-hydrogen) atoms. The molecule has 1 heterocycles. The van der Waals surface area contributed by atoms with Gasteiger partial charge in [0.25, 0.3) is 5.91 Å². The van der Waals surface area contributed by atoms with Gasteiger partial charge in [0.15, 0.2) is 0 Å². The van der Waals surface area contributed by atoms with Gasteiger partial charge in [-0.05, 0) is 45.3 Å². The smallest absolute Gasteiger partial charge is 0.253 e. The van der Waals surface area contributed by atoms with Crippen LogP contribution in [0.2, 0.25) is 0 Å². The Bertz CT molecular complexity index is 590. The number of aromatic amines is 1. The Labute approximate surface area is 118 Å². The van der Waals surface area contributed by atoms with Crippen molar-refractivity contribution >= 4 is 16.8 Å². The second-order valence-electron chi connectivity index (χ2n) is 5.03. The quantitative estimate of drug-likeness (QED) is 0.791. The number of nitrogens with zero attached hydrogens (tertiary/aromatic N) is 1. The second-order valence-corrected chi connectivity index (χ2v) is 5.03. The van der Waals surface area contributed by atoms with Gasteiger partial charge in [0.1, 0.15) is 5.75 Å². The molecule has 108 valence electrons. The highest BCUT2D eigenvalue weighted by Gasteiger charge is 2.12. The summed E-state index contributed by atoms with van der Waals surface area (Å²) in [7, 11) is 5.66. The molecule has 0 saturated carbocycles. The van der Waals surface area contributed by atoms with Crippen LogP contribution in [0.15, 0.2) is 24.4 Å². The van der Waals surface area contributed by atoms with E-state index in [1.807, 2.05) is 32.3 Å². The number of aromatic nitrogens is 1. The van der Waals surface area contributed by atoms with Gasteiger partial charge in [0.2, 0.25) is 0 Å². The van der Waals surface area contributed by atoms with E-state index < -0.39 is 0 Å². The highest BCUT2D eigenvalue weighted by atomic mass is 16.5. The Hall–Kier alpha value is -2.01. The molecule has 5 heteroatoms. The van der Waals surface area contributed by atoms with E-state index in [0.29, 0.717) is 12.1 Å². The second kappa shape index (κ2) is 6.43. The molecule has 1 aromatic carbocycles. The summed E-state index contributed by atoms with van der Waals surface area (Å²) in [4.78, 5) is 17.4. The first-order chi connectivity index (χ1) is 9.61. The molecule has 2 aromatic rings. The molecule has 0 spiro atoms. The zero-order chi connectivity index (χ0) is 14.5. The fourth-order valence-electron chi connectivity index (χ4n) is 2.11. The molecule has 0 unspecified atom stereocenters. The van der Waals surface area contributed by atoms with Gasteiger partial charge in [-0.25, -0.2) is 0 Å². The van der Waals surface area contributed by atoms with Crippen molar-refractivity contribution < 1.29 is 9.53 Å². The fraction of sp³-hybridized carbons (Fsp3) is 0.400. The maximum absolute atomic E-state index is 12.2. The number of hydrogen-bond donors (Lipinski definition) is 2. The molecule has 2 N–H and O–H groups in total. The predicted octanol–water partition coefficient (Wildman–Crippen LogP) is 1.86. The Balaban J connectivity index is 2.06. The Morgan fingerprint density at radius 1 is 1.40 bits per heavy atom. The van der Waals surface area contributed by atoms with Crippen molar-refractivity contribution in [1.29, 1.82) is 0 Å². The number of nitrogens with one attached hydrogen (secondary N) is 2. The van der Waals surface area contributed by atoms with Gasteiger partial charge in [0, 0.05) is 23.6 Å². The van der Waals surface area contributed by atoms with Gasteiger partial charge in [-0.2, -0.15) is 0 Å². The minimum absolute atomic E-state index is 0.0525. The third-order valence-corrected chi connectivity index (χ3v) is 3.20. The molecule has 0 aliphatic heterocycles. The first kappa shape index (κ1) is 14.4. The van der Waals surface area contributed by atoms with Gasteiger partial charge in [0.05, 0.1) is 12.7 Å². The summed E-state index contributed by atoms with van der Waals surface area (Å²) < 4.78 is 5.20. The average Bonchev–Trinajstić information content (AvgIpc) is 2.86. The Morgan fingerprint density at radius 2 is 2.20 bits per heavy atom. The van der Waals surface area contributed by atoms with Gasteiger partial charge in [-0.3, -0.25) is 4.79 Å². The molecule has 1 aromatic heterocycles. The molecule has 0 radical (unpaired) electrons. The maximum atomic E-state index is 12.2. The predicted molar refractivity (Wildman–Crippen MR) is 80.4 cm³/mol. The van der Waals surface area contributed by atoms with Crippen LogP contribution in [-0.4, -0.2) is 50.1 Å². The molecule has 5 nitrogen and oxygen atoms in total. The van der Waals surface area contributed by atoms with Crippen LogP contribution in [0.25, 0.3) is 10.9 Å². The Kier molecular flexibility index (Phi) is 4.63. The number of carbonyl (C=O) groups is 1. The summed E-state index contributed by atoms with van der Waals surface area (Å²) in [6.45, 7) is 1.63. The zero-order valence-corrected chi connectivity index (χ0v) is 12.2. The number of hydrogen-bond acceptors (Lipinski definition) is 3. The molecular weight excluding hydrogens is 254 g/mol. The van der Waals surface area contributed by atoms with E-state index in [-0.39, 0.29) is 5.91 Å². The number of benzene rings is 1. The van der Waals surface area contributed by atoms with Gasteiger partial charge < -0.3 is 19.9 Å². The van der Waals surface area contributed by atoms with Crippen molar-refractivity contribution in [2.24, 2.45) is 0 Å². The lowest BCUT2D eigenvalue weighted by molar-refractivity contribution is 0.0954. The van der Waals surface area contributed by atoms with Crippen molar-refractivity contribution in [3.05, 3.63) is 30.0 Å².